The van der Waals surface area contributed by atoms with Gasteiger partial charge in [-0.15, -0.1) is 13.2 Å². The fourth-order valence-corrected chi connectivity index (χ4v) is 4.75. The van der Waals surface area contributed by atoms with E-state index in [9.17, 15) is 23.3 Å². The van der Waals surface area contributed by atoms with Crippen LogP contribution in [0.2, 0.25) is 0 Å². The predicted molar refractivity (Wildman–Crippen MR) is 144 cm³/mol. The third-order valence-corrected chi connectivity index (χ3v) is 6.98. The number of nitro groups is 1. The van der Waals surface area contributed by atoms with Gasteiger partial charge in [0, 0.05) is 49.8 Å². The zero-order chi connectivity index (χ0) is 28.8. The summed E-state index contributed by atoms with van der Waals surface area (Å²) in [7, 11) is 2.06. The van der Waals surface area contributed by atoms with Crippen molar-refractivity contribution in [3.05, 3.63) is 65.0 Å². The molecule has 1 saturated heterocycles. The average molecular weight is 566 g/mol. The van der Waals surface area contributed by atoms with E-state index < -0.39 is 16.9 Å². The van der Waals surface area contributed by atoms with Crippen LogP contribution in [0.3, 0.4) is 0 Å². The normalized spacial score (nSPS) is 16.9. The Labute approximate surface area is 230 Å². The van der Waals surface area contributed by atoms with Crippen LogP contribution in [0, 0.1) is 10.1 Å². The first-order valence-electron chi connectivity index (χ1n) is 13.1. The van der Waals surface area contributed by atoms with E-state index in [1.165, 1.54) is 24.3 Å². The molecule has 4 rings (SSSR count). The highest BCUT2D eigenvalue weighted by atomic mass is 19.4. The molecule has 0 atom stereocenters. The monoisotopic (exact) mass is 565 g/mol. The summed E-state index contributed by atoms with van der Waals surface area (Å²) in [5.41, 5.74) is 0.215. The Morgan fingerprint density at radius 2 is 1.73 bits per heavy atom. The number of benzene rings is 2. The molecule has 2 aromatic rings. The number of nitro benzene ring substituents is 1. The highest BCUT2D eigenvalue weighted by Gasteiger charge is 2.31. The summed E-state index contributed by atoms with van der Waals surface area (Å²) in [5.74, 6) is 0.424. The Kier molecular flexibility index (Phi) is 9.13. The summed E-state index contributed by atoms with van der Waals surface area (Å²) >= 11 is 0. The van der Waals surface area contributed by atoms with Crippen LogP contribution in [0.4, 0.5) is 24.5 Å². The smallest absolute Gasteiger partial charge is 0.494 e. The van der Waals surface area contributed by atoms with Crippen LogP contribution in [0.1, 0.15) is 26.2 Å². The number of rotatable bonds is 12. The van der Waals surface area contributed by atoms with E-state index in [0.717, 1.165) is 44.6 Å². The first kappa shape index (κ1) is 29.1. The van der Waals surface area contributed by atoms with Gasteiger partial charge >= 0.3 is 12.0 Å². The fourth-order valence-electron chi connectivity index (χ4n) is 4.75. The minimum atomic E-state index is -4.72. The van der Waals surface area contributed by atoms with Crippen molar-refractivity contribution < 1.29 is 32.3 Å². The van der Waals surface area contributed by atoms with Crippen molar-refractivity contribution in [2.24, 2.45) is 0 Å². The molecule has 2 aromatic carbocycles. The Balaban J connectivity index is 1.20. The van der Waals surface area contributed by atoms with Gasteiger partial charge in [-0.2, -0.15) is 0 Å². The Hall–Kier alpha value is -3.87. The second-order valence-electron chi connectivity index (χ2n) is 10.1. The molecule has 40 heavy (non-hydrogen) atoms. The molecule has 0 aromatic heterocycles. The van der Waals surface area contributed by atoms with Crippen molar-refractivity contribution in [2.75, 3.05) is 44.8 Å². The van der Waals surface area contributed by atoms with Gasteiger partial charge < -0.3 is 34.6 Å². The lowest BCUT2D eigenvalue weighted by atomic mass is 10.0. The number of alkyl halides is 3. The Morgan fingerprint density at radius 3 is 2.35 bits per heavy atom. The van der Waals surface area contributed by atoms with Crippen LogP contribution in [-0.2, 0) is 0 Å². The first-order chi connectivity index (χ1) is 19.0. The van der Waals surface area contributed by atoms with Crippen LogP contribution < -0.4 is 29.7 Å². The number of hydrogen-bond donors (Lipinski definition) is 2. The number of ether oxygens (including phenoxy) is 3. The van der Waals surface area contributed by atoms with Gasteiger partial charge in [0.1, 0.15) is 23.8 Å². The van der Waals surface area contributed by atoms with Crippen molar-refractivity contribution in [3.63, 3.8) is 0 Å². The predicted octanol–water partition coefficient (Wildman–Crippen LogP) is 4.62. The van der Waals surface area contributed by atoms with E-state index in [-0.39, 0.29) is 23.8 Å². The number of nitrogens with one attached hydrogen (secondary N) is 2. The highest BCUT2D eigenvalue weighted by molar-refractivity contribution is 5.60. The summed E-state index contributed by atoms with van der Waals surface area (Å²) in [6.45, 7) is 4.89. The van der Waals surface area contributed by atoms with Gasteiger partial charge in [0.2, 0.25) is 0 Å². The van der Waals surface area contributed by atoms with Crippen molar-refractivity contribution in [2.45, 2.75) is 44.3 Å². The molecule has 0 amide bonds. The van der Waals surface area contributed by atoms with Gasteiger partial charge in [0.25, 0.3) is 0 Å². The van der Waals surface area contributed by atoms with Gasteiger partial charge in [0.15, 0.2) is 5.75 Å². The standard InChI is InChI=1S/C27H34F3N5O5/c1-26(31-12-13-32-26)19-39-25-9-4-21(18-24(25)35(36)37)34-15-10-20(11-16-34)33(2)14-3-17-38-22-5-7-23(8-6-22)40-27(28,29)30/h4-9,12-13,18,20,31-32H,3,10-11,14-17,19H2,1-2H3. The molecule has 1 fully saturated rings. The molecule has 0 bridgehead atoms. The van der Waals surface area contributed by atoms with Crippen molar-refractivity contribution in [3.8, 4) is 17.2 Å². The third kappa shape index (κ3) is 8.07. The van der Waals surface area contributed by atoms with E-state index in [4.69, 9.17) is 9.47 Å². The van der Waals surface area contributed by atoms with E-state index >= 15 is 0 Å². The molecule has 10 nitrogen and oxygen atoms in total. The minimum Gasteiger partial charge on any atom is -0.494 e. The largest absolute Gasteiger partial charge is 0.573 e. The molecule has 2 heterocycles. The fraction of sp³-hybridized carbons (Fsp3) is 0.481. The van der Waals surface area contributed by atoms with Gasteiger partial charge in [-0.1, -0.05) is 0 Å². The Bertz CT molecular complexity index is 1160. The summed E-state index contributed by atoms with van der Waals surface area (Å²) < 4.78 is 52.1. The summed E-state index contributed by atoms with van der Waals surface area (Å²) in [4.78, 5) is 15.8. The van der Waals surface area contributed by atoms with Crippen molar-refractivity contribution >= 4 is 11.4 Å². The van der Waals surface area contributed by atoms with E-state index in [1.807, 2.05) is 13.0 Å². The minimum absolute atomic E-state index is 0.0613. The van der Waals surface area contributed by atoms with Gasteiger partial charge in [-0.3, -0.25) is 10.1 Å². The summed E-state index contributed by atoms with van der Waals surface area (Å²) in [6, 6.07) is 10.8. The first-order valence-corrected chi connectivity index (χ1v) is 13.1. The molecule has 0 unspecified atom stereocenters. The van der Waals surface area contributed by atoms with E-state index in [0.29, 0.717) is 18.4 Å². The lowest BCUT2D eigenvalue weighted by Gasteiger charge is -2.38. The summed E-state index contributed by atoms with van der Waals surface area (Å²) in [5, 5.41) is 18.0. The zero-order valence-electron chi connectivity index (χ0n) is 22.4. The lowest BCUT2D eigenvalue weighted by molar-refractivity contribution is -0.385. The van der Waals surface area contributed by atoms with Gasteiger partial charge in [0.05, 0.1) is 11.5 Å². The second-order valence-corrected chi connectivity index (χ2v) is 10.1. The second kappa shape index (κ2) is 12.5. The van der Waals surface area contributed by atoms with Crippen molar-refractivity contribution in [1.82, 2.24) is 15.5 Å². The number of piperidine rings is 1. The van der Waals surface area contributed by atoms with Crippen LogP contribution in [0.5, 0.6) is 17.2 Å². The topological polar surface area (TPSA) is 101 Å². The summed E-state index contributed by atoms with van der Waals surface area (Å²) in [6.07, 6.45) is 1.38. The SMILES string of the molecule is CN(CCCOc1ccc(OC(F)(F)F)cc1)C1CCN(c2ccc(OCC3(C)NC=CN3)c([N+](=O)[O-])c2)CC1. The van der Waals surface area contributed by atoms with Gasteiger partial charge in [-0.25, -0.2) is 0 Å². The quantitative estimate of drug-likeness (QED) is 0.217. The number of hydrogen-bond acceptors (Lipinski definition) is 9. The molecular formula is C27H34F3N5O5. The average Bonchev–Trinajstić information content (AvgIpc) is 3.36. The zero-order valence-corrected chi connectivity index (χ0v) is 22.4. The van der Waals surface area contributed by atoms with E-state index in [2.05, 4.69) is 32.2 Å². The van der Waals surface area contributed by atoms with Crippen molar-refractivity contribution in [1.29, 1.82) is 0 Å². The third-order valence-electron chi connectivity index (χ3n) is 6.98. The molecule has 2 aliphatic heterocycles. The number of nitrogens with zero attached hydrogens (tertiary/aromatic N) is 3. The Morgan fingerprint density at radius 1 is 1.07 bits per heavy atom. The van der Waals surface area contributed by atoms with Gasteiger partial charge in [-0.05, 0) is 69.6 Å². The molecule has 0 radical (unpaired) electrons. The molecule has 218 valence electrons. The lowest BCUT2D eigenvalue weighted by Crippen LogP contribution is -2.50. The highest BCUT2D eigenvalue weighted by Crippen LogP contribution is 2.33. The van der Waals surface area contributed by atoms with Crippen LogP contribution in [0.25, 0.3) is 0 Å². The molecule has 13 heteroatoms. The molecule has 0 spiro atoms. The van der Waals surface area contributed by atoms with Crippen LogP contribution >= 0.6 is 0 Å². The molecule has 0 aliphatic carbocycles. The molecule has 2 N–H and O–H groups in total. The van der Waals surface area contributed by atoms with Crippen LogP contribution in [-0.4, -0.2) is 67.8 Å². The molecule has 0 saturated carbocycles. The maximum Gasteiger partial charge on any atom is 0.573 e. The van der Waals surface area contributed by atoms with Crippen LogP contribution in [0.15, 0.2) is 54.9 Å². The number of halogens is 3. The maximum absolute atomic E-state index is 12.3. The number of anilines is 1. The maximum atomic E-state index is 12.3. The van der Waals surface area contributed by atoms with E-state index in [1.54, 1.807) is 24.5 Å². The molecule has 2 aliphatic rings. The molecular weight excluding hydrogens is 531 g/mol.